The first kappa shape index (κ1) is 9.92. The first-order valence-corrected chi connectivity index (χ1v) is 5.00. The van der Waals surface area contributed by atoms with Crippen LogP contribution in [-0.2, 0) is 0 Å². The fourth-order valence-electron chi connectivity index (χ4n) is 1.24. The lowest BCUT2D eigenvalue weighted by Gasteiger charge is -2.04. The lowest BCUT2D eigenvalue weighted by molar-refractivity contribution is 0.112. The van der Waals surface area contributed by atoms with Crippen LogP contribution in [0.1, 0.15) is 10.4 Å². The number of rotatable bonds is 2. The number of halogens is 1. The molecule has 0 saturated heterocycles. The summed E-state index contributed by atoms with van der Waals surface area (Å²) < 4.78 is 1.98. The van der Waals surface area contributed by atoms with E-state index in [0.717, 1.165) is 0 Å². The zero-order valence-electron chi connectivity index (χ0n) is 7.59. The van der Waals surface area contributed by atoms with Crippen LogP contribution >= 0.6 is 15.9 Å². The van der Waals surface area contributed by atoms with Crippen LogP contribution in [0.2, 0.25) is 0 Å². The maximum atomic E-state index is 10.6. The molecule has 15 heavy (non-hydrogen) atoms. The summed E-state index contributed by atoms with van der Waals surface area (Å²) in [6, 6.07) is 6.77. The van der Waals surface area contributed by atoms with Gasteiger partial charge in [0, 0.05) is 0 Å². The molecule has 1 heterocycles. The molecule has 0 saturated carbocycles. The average Bonchev–Trinajstić information content (AvgIpc) is 2.60. The smallest absolute Gasteiger partial charge is 0.154 e. The molecule has 1 aromatic heterocycles. The average molecular weight is 267 g/mol. The van der Waals surface area contributed by atoms with E-state index >= 15 is 0 Å². The number of hydrogen-bond acceptors (Lipinski definition) is 3. The molecular formula is C10H7BrN2O2. The highest BCUT2D eigenvalue weighted by Gasteiger charge is 2.10. The molecule has 1 N–H and O–H groups in total. The van der Waals surface area contributed by atoms with Crippen molar-refractivity contribution in [3.8, 4) is 11.4 Å². The number of aldehydes is 1. The number of carbonyl (C=O) groups is 1. The van der Waals surface area contributed by atoms with Gasteiger partial charge in [-0.1, -0.05) is 12.1 Å². The summed E-state index contributed by atoms with van der Waals surface area (Å²) in [4.78, 5) is 10.6. The van der Waals surface area contributed by atoms with Crippen LogP contribution in [0.5, 0.6) is 5.75 Å². The van der Waals surface area contributed by atoms with Gasteiger partial charge in [0.15, 0.2) is 6.29 Å². The number of aromatic hydroxyl groups is 1. The molecule has 0 bridgehead atoms. The highest BCUT2D eigenvalue weighted by molar-refractivity contribution is 9.10. The van der Waals surface area contributed by atoms with Crippen molar-refractivity contribution in [3.63, 3.8) is 0 Å². The number of para-hydroxylation sites is 2. The molecule has 0 fully saturated rings. The van der Waals surface area contributed by atoms with Gasteiger partial charge >= 0.3 is 0 Å². The second kappa shape index (κ2) is 3.86. The highest BCUT2D eigenvalue weighted by Crippen LogP contribution is 2.25. The Hall–Kier alpha value is -1.62. The van der Waals surface area contributed by atoms with Gasteiger partial charge in [-0.2, -0.15) is 5.10 Å². The molecule has 76 valence electrons. The van der Waals surface area contributed by atoms with Gasteiger partial charge < -0.3 is 5.11 Å². The molecule has 2 aromatic rings. The monoisotopic (exact) mass is 266 g/mol. The largest absolute Gasteiger partial charge is 0.506 e. The zero-order valence-corrected chi connectivity index (χ0v) is 9.18. The summed E-state index contributed by atoms with van der Waals surface area (Å²) in [6.45, 7) is 0. The number of phenols is 1. The van der Waals surface area contributed by atoms with Crippen molar-refractivity contribution in [2.75, 3.05) is 0 Å². The van der Waals surface area contributed by atoms with Gasteiger partial charge in [0.05, 0.1) is 11.8 Å². The molecular weight excluding hydrogens is 260 g/mol. The molecule has 0 spiro atoms. The van der Waals surface area contributed by atoms with Gasteiger partial charge in [-0.25, -0.2) is 4.68 Å². The fraction of sp³-hybridized carbons (Fsp3) is 0. The molecule has 0 aliphatic rings. The van der Waals surface area contributed by atoms with Crippen LogP contribution in [0.4, 0.5) is 0 Å². The van der Waals surface area contributed by atoms with E-state index in [1.54, 1.807) is 24.3 Å². The predicted molar refractivity (Wildman–Crippen MR) is 58.3 cm³/mol. The molecule has 0 amide bonds. The zero-order chi connectivity index (χ0) is 10.8. The SMILES string of the molecule is O=Cc1cnn(-c2ccccc2O)c1Br. The topological polar surface area (TPSA) is 55.1 Å². The van der Waals surface area contributed by atoms with Gasteiger partial charge in [0.25, 0.3) is 0 Å². The lowest BCUT2D eigenvalue weighted by atomic mass is 10.3. The minimum Gasteiger partial charge on any atom is -0.506 e. The van der Waals surface area contributed by atoms with E-state index in [2.05, 4.69) is 21.0 Å². The first-order valence-electron chi connectivity index (χ1n) is 4.21. The van der Waals surface area contributed by atoms with Crippen molar-refractivity contribution >= 4 is 22.2 Å². The van der Waals surface area contributed by atoms with Crippen LogP contribution in [0, 0.1) is 0 Å². The van der Waals surface area contributed by atoms with Crippen molar-refractivity contribution in [1.29, 1.82) is 0 Å². The molecule has 0 aliphatic carbocycles. The molecule has 0 radical (unpaired) electrons. The van der Waals surface area contributed by atoms with Crippen molar-refractivity contribution in [3.05, 3.63) is 40.6 Å². The van der Waals surface area contributed by atoms with Gasteiger partial charge in [-0.05, 0) is 28.1 Å². The van der Waals surface area contributed by atoms with Crippen molar-refractivity contribution < 1.29 is 9.90 Å². The molecule has 5 heteroatoms. The standard InChI is InChI=1S/C10H7BrN2O2/c11-10-7(6-14)5-12-13(10)8-3-1-2-4-9(8)15/h1-6,15H. The highest BCUT2D eigenvalue weighted by atomic mass is 79.9. The maximum Gasteiger partial charge on any atom is 0.154 e. The lowest BCUT2D eigenvalue weighted by Crippen LogP contribution is -1.96. The summed E-state index contributed by atoms with van der Waals surface area (Å²) in [5.74, 6) is 0.110. The third-order valence-corrected chi connectivity index (χ3v) is 2.77. The van der Waals surface area contributed by atoms with E-state index in [-0.39, 0.29) is 5.75 Å². The number of nitrogens with zero attached hydrogens (tertiary/aromatic N) is 2. The quantitative estimate of drug-likeness (QED) is 0.848. The molecule has 0 atom stereocenters. The van der Waals surface area contributed by atoms with Crippen LogP contribution in [0.3, 0.4) is 0 Å². The Labute approximate surface area is 94.3 Å². The van der Waals surface area contributed by atoms with E-state index in [1.165, 1.54) is 10.9 Å². The number of benzene rings is 1. The second-order valence-electron chi connectivity index (χ2n) is 2.91. The Morgan fingerprint density at radius 3 is 2.73 bits per heavy atom. The Morgan fingerprint density at radius 1 is 1.40 bits per heavy atom. The van der Waals surface area contributed by atoms with E-state index in [9.17, 15) is 9.90 Å². The third kappa shape index (κ3) is 1.66. The minimum atomic E-state index is 0.110. The fourth-order valence-corrected chi connectivity index (χ4v) is 1.71. The molecule has 1 aromatic carbocycles. The van der Waals surface area contributed by atoms with E-state index in [4.69, 9.17) is 0 Å². The van der Waals surface area contributed by atoms with E-state index in [1.807, 2.05) is 0 Å². The maximum absolute atomic E-state index is 10.6. The summed E-state index contributed by atoms with van der Waals surface area (Å²) in [6.07, 6.45) is 2.14. The summed E-state index contributed by atoms with van der Waals surface area (Å²) in [5.41, 5.74) is 0.968. The third-order valence-electron chi connectivity index (χ3n) is 1.97. The van der Waals surface area contributed by atoms with Crippen molar-refractivity contribution in [2.24, 2.45) is 0 Å². The number of aromatic nitrogens is 2. The number of hydrogen-bond donors (Lipinski definition) is 1. The molecule has 4 nitrogen and oxygen atoms in total. The van der Waals surface area contributed by atoms with Crippen LogP contribution in [0.15, 0.2) is 35.1 Å². The normalized spacial score (nSPS) is 10.2. The molecule has 0 unspecified atom stereocenters. The number of carbonyl (C=O) groups excluding carboxylic acids is 1. The van der Waals surface area contributed by atoms with Gasteiger partial charge in [-0.15, -0.1) is 0 Å². The Morgan fingerprint density at radius 2 is 2.13 bits per heavy atom. The minimum absolute atomic E-state index is 0.110. The predicted octanol–water partition coefficient (Wildman–Crippen LogP) is 2.15. The van der Waals surface area contributed by atoms with E-state index < -0.39 is 0 Å². The van der Waals surface area contributed by atoms with Crippen LogP contribution in [-0.4, -0.2) is 21.2 Å². The van der Waals surface area contributed by atoms with Crippen LogP contribution < -0.4 is 0 Å². The number of phenolic OH excluding ortho intramolecular Hbond substituents is 1. The van der Waals surface area contributed by atoms with Gasteiger partial charge in [0.2, 0.25) is 0 Å². The Kier molecular flexibility index (Phi) is 2.55. The second-order valence-corrected chi connectivity index (χ2v) is 3.66. The van der Waals surface area contributed by atoms with E-state index in [0.29, 0.717) is 22.1 Å². The van der Waals surface area contributed by atoms with Crippen molar-refractivity contribution in [1.82, 2.24) is 9.78 Å². The van der Waals surface area contributed by atoms with Gasteiger partial charge in [0.1, 0.15) is 16.0 Å². The molecule has 0 aliphatic heterocycles. The van der Waals surface area contributed by atoms with Crippen molar-refractivity contribution in [2.45, 2.75) is 0 Å². The first-order chi connectivity index (χ1) is 7.24. The Balaban J connectivity index is 2.59. The summed E-state index contributed by atoms with van der Waals surface area (Å²) in [5, 5.41) is 13.6. The van der Waals surface area contributed by atoms with Crippen LogP contribution in [0.25, 0.3) is 5.69 Å². The summed E-state index contributed by atoms with van der Waals surface area (Å²) >= 11 is 3.24. The van der Waals surface area contributed by atoms with Gasteiger partial charge in [-0.3, -0.25) is 4.79 Å². The Bertz CT molecular complexity index is 508. The molecule has 2 rings (SSSR count). The summed E-state index contributed by atoms with van der Waals surface area (Å²) in [7, 11) is 0.